The highest BCUT2D eigenvalue weighted by molar-refractivity contribution is 7.86. The molecular formula is C6H11NO4S. The summed E-state index contributed by atoms with van der Waals surface area (Å²) in [6.07, 6.45) is 0. The molecule has 0 aromatic rings. The minimum atomic E-state index is -4.15. The third-order valence-electron chi connectivity index (χ3n) is 1.02. The van der Waals surface area contributed by atoms with E-state index in [1.165, 1.54) is 0 Å². The molecule has 0 saturated carbocycles. The Morgan fingerprint density at radius 1 is 1.58 bits per heavy atom. The lowest BCUT2D eigenvalue weighted by atomic mass is 10.3. The molecule has 0 saturated heterocycles. The molecule has 0 aromatic heterocycles. The number of carbonyl (C=O) groups excluding carboxylic acids is 1. The molecule has 5 nitrogen and oxygen atoms in total. The molecular weight excluding hydrogens is 182 g/mol. The van der Waals surface area contributed by atoms with E-state index < -0.39 is 21.8 Å². The Hall–Kier alpha value is -0.880. The zero-order chi connectivity index (χ0) is 9.78. The molecule has 0 aliphatic carbocycles. The molecule has 0 aliphatic heterocycles. The van der Waals surface area contributed by atoms with Gasteiger partial charge in [0.05, 0.1) is 0 Å². The summed E-state index contributed by atoms with van der Waals surface area (Å²) in [6.45, 7) is 5.29. The lowest BCUT2D eigenvalue weighted by Crippen LogP contribution is -2.27. The number of carbonyl (C=O) groups is 1. The van der Waals surface area contributed by atoms with Crippen LogP contribution in [0.15, 0.2) is 12.2 Å². The zero-order valence-corrected chi connectivity index (χ0v) is 7.52. The topological polar surface area (TPSA) is 83.5 Å². The van der Waals surface area contributed by atoms with E-state index in [1.54, 1.807) is 6.92 Å². The van der Waals surface area contributed by atoms with Gasteiger partial charge in [0, 0.05) is 12.1 Å². The summed E-state index contributed by atoms with van der Waals surface area (Å²) in [5, 5.41) is 2.35. The minimum absolute atomic E-state index is 0.167. The van der Waals surface area contributed by atoms with Crippen LogP contribution in [0.3, 0.4) is 0 Å². The van der Waals surface area contributed by atoms with Crippen LogP contribution in [0.25, 0.3) is 0 Å². The van der Waals surface area contributed by atoms with Gasteiger partial charge in [-0.2, -0.15) is 8.42 Å². The average Bonchev–Trinajstić information content (AvgIpc) is 1.84. The van der Waals surface area contributed by atoms with Gasteiger partial charge in [-0.1, -0.05) is 6.58 Å². The first-order valence-electron chi connectivity index (χ1n) is 3.28. The van der Waals surface area contributed by atoms with E-state index in [4.69, 9.17) is 4.55 Å². The second-order valence-electron chi connectivity index (χ2n) is 2.19. The van der Waals surface area contributed by atoms with Crippen molar-refractivity contribution in [2.45, 2.75) is 6.92 Å². The molecule has 0 rings (SSSR count). The summed E-state index contributed by atoms with van der Waals surface area (Å²) in [7, 11) is -4.15. The Labute approximate surface area is 71.2 Å². The molecule has 0 heterocycles. The maximum Gasteiger partial charge on any atom is 0.269 e. The normalized spacial score (nSPS) is 10.8. The smallest absolute Gasteiger partial charge is 0.269 e. The van der Waals surface area contributed by atoms with Crippen LogP contribution in [-0.2, 0) is 14.9 Å². The van der Waals surface area contributed by atoms with E-state index in [9.17, 15) is 13.2 Å². The van der Waals surface area contributed by atoms with E-state index in [0.717, 1.165) is 0 Å². The lowest BCUT2D eigenvalue weighted by Gasteiger charge is -2.02. The summed E-state index contributed by atoms with van der Waals surface area (Å²) in [4.78, 5) is 10.8. The number of hydrogen-bond donors (Lipinski definition) is 2. The Morgan fingerprint density at radius 3 is 2.42 bits per heavy atom. The summed E-state index contributed by atoms with van der Waals surface area (Å²) < 4.78 is 28.9. The van der Waals surface area contributed by atoms with Crippen molar-refractivity contribution >= 4 is 16.0 Å². The highest BCUT2D eigenvalue weighted by Gasteiger charge is 2.13. The third-order valence-corrected chi connectivity index (χ3v) is 1.73. The first-order chi connectivity index (χ1) is 5.37. The average molecular weight is 193 g/mol. The molecule has 6 heteroatoms. The minimum Gasteiger partial charge on any atom is -0.353 e. The second-order valence-corrected chi connectivity index (χ2v) is 3.64. The van der Waals surface area contributed by atoms with E-state index in [2.05, 4.69) is 11.9 Å². The van der Waals surface area contributed by atoms with Crippen LogP contribution in [-0.4, -0.2) is 31.2 Å². The summed E-state index contributed by atoms with van der Waals surface area (Å²) in [6, 6.07) is 0. The van der Waals surface area contributed by atoms with Gasteiger partial charge in [-0.25, -0.2) is 0 Å². The monoisotopic (exact) mass is 193 g/mol. The fourth-order valence-electron chi connectivity index (χ4n) is 0.571. The standard InChI is InChI=1S/C6H11NO4S/c1-3-7-6(8)5(2)4-12(9,10)11/h2-4H2,1H3,(H,7,8)(H,9,10,11). The van der Waals surface area contributed by atoms with Crippen molar-refractivity contribution in [3.63, 3.8) is 0 Å². The van der Waals surface area contributed by atoms with Crippen LogP contribution in [0.1, 0.15) is 6.92 Å². The largest absolute Gasteiger partial charge is 0.353 e. The molecule has 0 radical (unpaired) electrons. The van der Waals surface area contributed by atoms with E-state index in [0.29, 0.717) is 6.54 Å². The predicted octanol–water partition coefficient (Wildman–Crippen LogP) is -0.434. The number of likely N-dealkylation sites (N-methyl/N-ethyl adjacent to an activating group) is 1. The third kappa shape index (κ3) is 4.86. The van der Waals surface area contributed by atoms with E-state index in [-0.39, 0.29) is 5.57 Å². The number of hydrogen-bond acceptors (Lipinski definition) is 3. The Bertz CT molecular complexity index is 280. The van der Waals surface area contributed by atoms with Gasteiger partial charge in [0.1, 0.15) is 5.75 Å². The second kappa shape index (κ2) is 4.22. The van der Waals surface area contributed by atoms with Gasteiger partial charge in [0.2, 0.25) is 5.91 Å². The van der Waals surface area contributed by atoms with Gasteiger partial charge in [0.15, 0.2) is 0 Å². The molecule has 0 aromatic carbocycles. The number of amides is 1. The van der Waals surface area contributed by atoms with Crippen molar-refractivity contribution in [2.75, 3.05) is 12.3 Å². The Morgan fingerprint density at radius 2 is 2.08 bits per heavy atom. The maximum absolute atomic E-state index is 10.8. The molecule has 0 spiro atoms. The van der Waals surface area contributed by atoms with Crippen LogP contribution in [0.4, 0.5) is 0 Å². The predicted molar refractivity (Wildman–Crippen MR) is 44.2 cm³/mol. The SMILES string of the molecule is C=C(CS(=O)(=O)O)C(=O)NCC. The van der Waals surface area contributed by atoms with E-state index >= 15 is 0 Å². The summed E-state index contributed by atoms with van der Waals surface area (Å²) in [5.74, 6) is -1.28. The molecule has 70 valence electrons. The van der Waals surface area contributed by atoms with Gasteiger partial charge >= 0.3 is 0 Å². The van der Waals surface area contributed by atoms with Crippen LogP contribution >= 0.6 is 0 Å². The van der Waals surface area contributed by atoms with Crippen molar-refractivity contribution in [3.8, 4) is 0 Å². The fraction of sp³-hybridized carbons (Fsp3) is 0.500. The molecule has 0 unspecified atom stereocenters. The van der Waals surface area contributed by atoms with Crippen molar-refractivity contribution in [1.82, 2.24) is 5.32 Å². The van der Waals surface area contributed by atoms with Crippen LogP contribution < -0.4 is 5.32 Å². The highest BCUT2D eigenvalue weighted by Crippen LogP contribution is 1.95. The molecule has 0 fully saturated rings. The maximum atomic E-state index is 10.8. The first-order valence-corrected chi connectivity index (χ1v) is 4.89. The highest BCUT2D eigenvalue weighted by atomic mass is 32.2. The van der Waals surface area contributed by atoms with Crippen molar-refractivity contribution < 1.29 is 17.8 Å². The molecule has 12 heavy (non-hydrogen) atoms. The van der Waals surface area contributed by atoms with Gasteiger partial charge in [-0.3, -0.25) is 9.35 Å². The fourth-order valence-corrected chi connectivity index (χ4v) is 1.14. The Balaban J connectivity index is 4.15. The molecule has 0 atom stereocenters. The Kier molecular flexibility index (Phi) is 3.91. The van der Waals surface area contributed by atoms with Crippen LogP contribution in [0, 0.1) is 0 Å². The number of rotatable bonds is 4. The van der Waals surface area contributed by atoms with Crippen molar-refractivity contribution in [2.24, 2.45) is 0 Å². The quantitative estimate of drug-likeness (QED) is 0.468. The van der Waals surface area contributed by atoms with Crippen molar-refractivity contribution in [1.29, 1.82) is 0 Å². The first kappa shape index (κ1) is 11.1. The zero-order valence-electron chi connectivity index (χ0n) is 6.70. The van der Waals surface area contributed by atoms with Gasteiger partial charge in [0.25, 0.3) is 10.1 Å². The lowest BCUT2D eigenvalue weighted by molar-refractivity contribution is -0.117. The number of nitrogens with one attached hydrogen (secondary N) is 1. The van der Waals surface area contributed by atoms with Crippen molar-refractivity contribution in [3.05, 3.63) is 12.2 Å². The summed E-state index contributed by atoms with van der Waals surface area (Å²) in [5.41, 5.74) is -0.167. The van der Waals surface area contributed by atoms with Gasteiger partial charge in [-0.05, 0) is 6.92 Å². The van der Waals surface area contributed by atoms with Crippen LogP contribution in [0.2, 0.25) is 0 Å². The van der Waals surface area contributed by atoms with Crippen LogP contribution in [0.5, 0.6) is 0 Å². The molecule has 0 bridgehead atoms. The van der Waals surface area contributed by atoms with Gasteiger partial charge < -0.3 is 5.32 Å². The van der Waals surface area contributed by atoms with E-state index in [1.807, 2.05) is 0 Å². The van der Waals surface area contributed by atoms with Gasteiger partial charge in [-0.15, -0.1) is 0 Å². The molecule has 2 N–H and O–H groups in total. The molecule has 1 amide bonds. The summed E-state index contributed by atoms with van der Waals surface area (Å²) >= 11 is 0. The molecule has 0 aliphatic rings.